The summed E-state index contributed by atoms with van der Waals surface area (Å²) in [4.78, 5) is 23.2. The first-order valence-corrected chi connectivity index (χ1v) is 7.21. The minimum atomic E-state index is -0.550. The van der Waals surface area contributed by atoms with Gasteiger partial charge in [0, 0.05) is 11.1 Å². The number of urea groups is 1. The molecule has 0 spiro atoms. The number of anilines is 1. The number of hydrogen-bond donors (Lipinski definition) is 3. The lowest BCUT2D eigenvalue weighted by Crippen LogP contribution is -2.45. The fraction of sp³-hybridized carbons (Fsp3) is 0.429. The molecule has 1 aromatic carbocycles. The van der Waals surface area contributed by atoms with Crippen LogP contribution in [0.25, 0.3) is 0 Å². The summed E-state index contributed by atoms with van der Waals surface area (Å²) in [7, 11) is 0. The third-order valence-corrected chi connectivity index (χ3v) is 3.55. The molecule has 3 N–H and O–H groups in total. The third-order valence-electron chi connectivity index (χ3n) is 3.31. The minimum absolute atomic E-state index is 0.138. The first-order chi connectivity index (χ1) is 10.0. The highest BCUT2D eigenvalue weighted by molar-refractivity contribution is 6.30. The van der Waals surface area contributed by atoms with E-state index in [1.54, 1.807) is 0 Å². The highest BCUT2D eigenvalue weighted by Gasteiger charge is 2.18. The van der Waals surface area contributed by atoms with Crippen LogP contribution < -0.4 is 16.0 Å². The molecule has 7 heteroatoms. The summed E-state index contributed by atoms with van der Waals surface area (Å²) in [5, 5.41) is 7.83. The zero-order valence-corrected chi connectivity index (χ0v) is 12.2. The molecule has 1 aliphatic carbocycles. The van der Waals surface area contributed by atoms with Crippen LogP contribution in [0, 0.1) is 5.82 Å². The van der Waals surface area contributed by atoms with E-state index in [2.05, 4.69) is 16.0 Å². The van der Waals surface area contributed by atoms with Crippen LogP contribution in [-0.2, 0) is 4.79 Å². The second kappa shape index (κ2) is 7.26. The quantitative estimate of drug-likeness (QED) is 0.800. The predicted octanol–water partition coefficient (Wildman–Crippen LogP) is 2.66. The van der Waals surface area contributed by atoms with Gasteiger partial charge in [-0.05, 0) is 31.0 Å². The Morgan fingerprint density at radius 3 is 2.67 bits per heavy atom. The van der Waals surface area contributed by atoms with Gasteiger partial charge in [-0.25, -0.2) is 9.18 Å². The van der Waals surface area contributed by atoms with E-state index >= 15 is 0 Å². The Bertz CT molecular complexity index is 533. The highest BCUT2D eigenvalue weighted by Crippen LogP contribution is 2.18. The van der Waals surface area contributed by atoms with E-state index < -0.39 is 17.8 Å². The van der Waals surface area contributed by atoms with Gasteiger partial charge in [-0.3, -0.25) is 10.1 Å². The topological polar surface area (TPSA) is 70.2 Å². The molecule has 0 heterocycles. The van der Waals surface area contributed by atoms with Crippen molar-refractivity contribution in [1.29, 1.82) is 0 Å². The van der Waals surface area contributed by atoms with Crippen LogP contribution in [0.2, 0.25) is 5.02 Å². The second-order valence-corrected chi connectivity index (χ2v) is 5.42. The molecule has 2 rings (SSSR count). The van der Waals surface area contributed by atoms with Gasteiger partial charge >= 0.3 is 6.03 Å². The fourth-order valence-electron chi connectivity index (χ4n) is 2.27. The summed E-state index contributed by atoms with van der Waals surface area (Å²) < 4.78 is 13.5. The maximum absolute atomic E-state index is 13.5. The van der Waals surface area contributed by atoms with Crippen LogP contribution >= 0.6 is 11.6 Å². The first-order valence-electron chi connectivity index (χ1n) is 6.84. The number of carbonyl (C=O) groups excluding carboxylic acids is 2. The van der Waals surface area contributed by atoms with E-state index in [-0.39, 0.29) is 23.3 Å². The van der Waals surface area contributed by atoms with Gasteiger partial charge in [0.05, 0.1) is 12.2 Å². The average molecular weight is 314 g/mol. The molecule has 0 aliphatic heterocycles. The van der Waals surface area contributed by atoms with Crippen molar-refractivity contribution in [3.63, 3.8) is 0 Å². The third kappa shape index (κ3) is 4.90. The molecule has 1 aromatic rings. The van der Waals surface area contributed by atoms with Crippen molar-refractivity contribution in [1.82, 2.24) is 10.6 Å². The molecule has 0 bridgehead atoms. The monoisotopic (exact) mass is 313 g/mol. The molecule has 0 saturated heterocycles. The summed E-state index contributed by atoms with van der Waals surface area (Å²) in [6.45, 7) is -0.198. The van der Waals surface area contributed by atoms with Crippen molar-refractivity contribution in [2.75, 3.05) is 11.9 Å². The van der Waals surface area contributed by atoms with Crippen molar-refractivity contribution < 1.29 is 14.0 Å². The van der Waals surface area contributed by atoms with E-state index in [0.29, 0.717) is 0 Å². The maximum atomic E-state index is 13.5. The molecule has 3 amide bonds. The SMILES string of the molecule is O=C(CNc1ccc(Cl)cc1F)NC(=O)NC1CCCC1. The lowest BCUT2D eigenvalue weighted by Gasteiger charge is -2.12. The van der Waals surface area contributed by atoms with E-state index in [4.69, 9.17) is 11.6 Å². The molecule has 1 saturated carbocycles. The van der Waals surface area contributed by atoms with Crippen LogP contribution in [0.3, 0.4) is 0 Å². The number of imide groups is 1. The maximum Gasteiger partial charge on any atom is 0.321 e. The Labute approximate surface area is 127 Å². The van der Waals surface area contributed by atoms with Crippen LogP contribution in [0.1, 0.15) is 25.7 Å². The largest absolute Gasteiger partial charge is 0.374 e. The van der Waals surface area contributed by atoms with Crippen molar-refractivity contribution in [3.05, 3.63) is 29.0 Å². The van der Waals surface area contributed by atoms with E-state index in [1.807, 2.05) is 0 Å². The highest BCUT2D eigenvalue weighted by atomic mass is 35.5. The molecule has 1 aliphatic rings. The van der Waals surface area contributed by atoms with Crippen molar-refractivity contribution in [3.8, 4) is 0 Å². The molecular formula is C14H17ClFN3O2. The van der Waals surface area contributed by atoms with Crippen molar-refractivity contribution >= 4 is 29.2 Å². The molecule has 0 atom stereocenters. The Kier molecular flexibility index (Phi) is 5.38. The molecular weight excluding hydrogens is 297 g/mol. The Balaban J connectivity index is 1.75. The van der Waals surface area contributed by atoms with E-state index in [1.165, 1.54) is 12.1 Å². The van der Waals surface area contributed by atoms with Gasteiger partial charge in [0.15, 0.2) is 0 Å². The van der Waals surface area contributed by atoms with Gasteiger partial charge in [0.1, 0.15) is 5.82 Å². The summed E-state index contributed by atoms with van der Waals surface area (Å²) in [6.07, 6.45) is 4.07. The first kappa shape index (κ1) is 15.6. The predicted molar refractivity (Wildman–Crippen MR) is 78.8 cm³/mol. The molecule has 0 unspecified atom stereocenters. The number of carbonyl (C=O) groups is 2. The molecule has 114 valence electrons. The Morgan fingerprint density at radius 2 is 2.00 bits per heavy atom. The molecule has 21 heavy (non-hydrogen) atoms. The van der Waals surface area contributed by atoms with Gasteiger partial charge in [0.25, 0.3) is 0 Å². The van der Waals surface area contributed by atoms with Crippen LogP contribution in [0.15, 0.2) is 18.2 Å². The number of amides is 3. The standard InChI is InChI=1S/C14H17ClFN3O2/c15-9-5-6-12(11(16)7-9)17-8-13(20)19-14(21)18-10-3-1-2-4-10/h5-7,10,17H,1-4,8H2,(H2,18,19,20,21). The van der Waals surface area contributed by atoms with Gasteiger partial charge in [0.2, 0.25) is 5.91 Å². The summed E-state index contributed by atoms with van der Waals surface area (Å²) in [5.74, 6) is -1.08. The normalized spacial score (nSPS) is 14.8. The minimum Gasteiger partial charge on any atom is -0.374 e. The zero-order valence-electron chi connectivity index (χ0n) is 11.4. The Morgan fingerprint density at radius 1 is 1.29 bits per heavy atom. The lowest BCUT2D eigenvalue weighted by molar-refractivity contribution is -0.118. The number of benzene rings is 1. The van der Waals surface area contributed by atoms with E-state index in [9.17, 15) is 14.0 Å². The van der Waals surface area contributed by atoms with Gasteiger partial charge in [-0.1, -0.05) is 24.4 Å². The van der Waals surface area contributed by atoms with Crippen LogP contribution in [0.5, 0.6) is 0 Å². The smallest absolute Gasteiger partial charge is 0.321 e. The summed E-state index contributed by atoms with van der Waals surface area (Å²) in [5.41, 5.74) is 0.158. The molecule has 5 nitrogen and oxygen atoms in total. The summed E-state index contributed by atoms with van der Waals surface area (Å²) >= 11 is 5.63. The lowest BCUT2D eigenvalue weighted by atomic mass is 10.2. The van der Waals surface area contributed by atoms with Crippen molar-refractivity contribution in [2.45, 2.75) is 31.7 Å². The fourth-order valence-corrected chi connectivity index (χ4v) is 2.43. The zero-order chi connectivity index (χ0) is 15.2. The van der Waals surface area contributed by atoms with E-state index in [0.717, 1.165) is 31.7 Å². The molecule has 1 fully saturated rings. The number of nitrogens with one attached hydrogen (secondary N) is 3. The van der Waals surface area contributed by atoms with Crippen LogP contribution in [0.4, 0.5) is 14.9 Å². The number of hydrogen-bond acceptors (Lipinski definition) is 3. The van der Waals surface area contributed by atoms with Crippen molar-refractivity contribution in [2.24, 2.45) is 0 Å². The van der Waals surface area contributed by atoms with Gasteiger partial charge in [-0.15, -0.1) is 0 Å². The van der Waals surface area contributed by atoms with Gasteiger partial charge < -0.3 is 10.6 Å². The van der Waals surface area contributed by atoms with Crippen LogP contribution in [-0.4, -0.2) is 24.5 Å². The average Bonchev–Trinajstić information content (AvgIpc) is 2.90. The number of halogens is 2. The Hall–Kier alpha value is -1.82. The number of rotatable bonds is 4. The second-order valence-electron chi connectivity index (χ2n) is 4.98. The molecule has 0 aromatic heterocycles. The van der Waals surface area contributed by atoms with Gasteiger partial charge in [-0.2, -0.15) is 0 Å². The molecule has 0 radical (unpaired) electrons. The summed E-state index contributed by atoms with van der Waals surface area (Å²) in [6, 6.07) is 3.72.